The quantitative estimate of drug-likeness (QED) is 0.594. The fraction of sp³-hybridized carbons (Fsp3) is 1.00. The molecule has 0 aliphatic carbocycles. The van der Waals surface area contributed by atoms with E-state index in [1.54, 1.807) is 0 Å². The molecule has 1 atom stereocenters. The van der Waals surface area contributed by atoms with Crippen LogP contribution in [0.25, 0.3) is 0 Å². The van der Waals surface area contributed by atoms with Gasteiger partial charge in [-0.15, -0.1) is 0 Å². The Morgan fingerprint density at radius 3 is 2.33 bits per heavy atom. The highest BCUT2D eigenvalue weighted by Gasteiger charge is 2.04. The number of rotatable bonds is 9. The van der Waals surface area contributed by atoms with E-state index in [0.29, 0.717) is 6.04 Å². The standard InChI is InChI=1S/C13H30N2/c1-6-13(4)15(5)11-10-14-9-7-8-12(2)3/h12-14H,6-11H2,1-5H3. The molecule has 0 spiro atoms. The third-order valence-electron chi connectivity index (χ3n) is 3.12. The van der Waals surface area contributed by atoms with Gasteiger partial charge in [-0.05, 0) is 45.7 Å². The van der Waals surface area contributed by atoms with Crippen LogP contribution in [0.5, 0.6) is 0 Å². The van der Waals surface area contributed by atoms with Gasteiger partial charge in [-0.2, -0.15) is 0 Å². The smallest absolute Gasteiger partial charge is 0.0107 e. The van der Waals surface area contributed by atoms with Crippen molar-refractivity contribution in [2.24, 2.45) is 5.92 Å². The molecule has 2 nitrogen and oxygen atoms in total. The van der Waals surface area contributed by atoms with Crippen molar-refractivity contribution in [2.45, 2.75) is 53.0 Å². The van der Waals surface area contributed by atoms with Gasteiger partial charge in [0.15, 0.2) is 0 Å². The zero-order valence-corrected chi connectivity index (χ0v) is 11.3. The molecule has 0 aliphatic heterocycles. The molecule has 0 saturated carbocycles. The van der Waals surface area contributed by atoms with E-state index in [9.17, 15) is 0 Å². The second-order valence-electron chi connectivity index (χ2n) is 5.02. The maximum Gasteiger partial charge on any atom is 0.0107 e. The van der Waals surface area contributed by atoms with Gasteiger partial charge in [0.25, 0.3) is 0 Å². The van der Waals surface area contributed by atoms with Crippen LogP contribution in [0.4, 0.5) is 0 Å². The van der Waals surface area contributed by atoms with Crippen molar-refractivity contribution in [2.75, 3.05) is 26.7 Å². The summed E-state index contributed by atoms with van der Waals surface area (Å²) in [5.41, 5.74) is 0. The van der Waals surface area contributed by atoms with Crippen LogP contribution in [0.1, 0.15) is 47.0 Å². The SMILES string of the molecule is CCC(C)N(C)CCNCCCC(C)C. The first-order valence-corrected chi connectivity index (χ1v) is 6.48. The summed E-state index contributed by atoms with van der Waals surface area (Å²) in [5.74, 6) is 0.842. The van der Waals surface area contributed by atoms with E-state index in [1.165, 1.54) is 25.8 Å². The first-order chi connectivity index (χ1) is 7.07. The number of hydrogen-bond acceptors (Lipinski definition) is 2. The van der Waals surface area contributed by atoms with Crippen LogP contribution in [0, 0.1) is 5.92 Å². The Balaban J connectivity index is 3.23. The Morgan fingerprint density at radius 1 is 1.13 bits per heavy atom. The van der Waals surface area contributed by atoms with Crippen molar-refractivity contribution in [3.63, 3.8) is 0 Å². The van der Waals surface area contributed by atoms with Crippen LogP contribution in [0.15, 0.2) is 0 Å². The van der Waals surface area contributed by atoms with Gasteiger partial charge in [0, 0.05) is 19.1 Å². The second kappa shape index (κ2) is 9.17. The predicted molar refractivity (Wildman–Crippen MR) is 69.3 cm³/mol. The minimum atomic E-state index is 0.711. The van der Waals surface area contributed by atoms with Crippen LogP contribution >= 0.6 is 0 Å². The van der Waals surface area contributed by atoms with E-state index in [-0.39, 0.29) is 0 Å². The van der Waals surface area contributed by atoms with Gasteiger partial charge in [-0.3, -0.25) is 0 Å². The lowest BCUT2D eigenvalue weighted by Crippen LogP contribution is -2.35. The van der Waals surface area contributed by atoms with Crippen molar-refractivity contribution >= 4 is 0 Å². The van der Waals surface area contributed by atoms with Gasteiger partial charge in [0.1, 0.15) is 0 Å². The van der Waals surface area contributed by atoms with Gasteiger partial charge < -0.3 is 10.2 Å². The predicted octanol–water partition coefficient (Wildman–Crippen LogP) is 2.74. The van der Waals surface area contributed by atoms with E-state index >= 15 is 0 Å². The van der Waals surface area contributed by atoms with Crippen LogP contribution in [0.3, 0.4) is 0 Å². The van der Waals surface area contributed by atoms with Crippen molar-refractivity contribution in [3.05, 3.63) is 0 Å². The average molecular weight is 214 g/mol. The van der Waals surface area contributed by atoms with Crippen LogP contribution in [-0.4, -0.2) is 37.6 Å². The summed E-state index contributed by atoms with van der Waals surface area (Å²) >= 11 is 0. The summed E-state index contributed by atoms with van der Waals surface area (Å²) in [6.45, 7) is 12.6. The number of hydrogen-bond donors (Lipinski definition) is 1. The average Bonchev–Trinajstić information content (AvgIpc) is 2.21. The summed E-state index contributed by atoms with van der Waals surface area (Å²) in [6.07, 6.45) is 3.89. The van der Waals surface area contributed by atoms with E-state index in [0.717, 1.165) is 19.0 Å². The topological polar surface area (TPSA) is 15.3 Å². The summed E-state index contributed by atoms with van der Waals surface area (Å²) in [4.78, 5) is 2.43. The molecule has 0 amide bonds. The molecule has 0 bridgehead atoms. The van der Waals surface area contributed by atoms with Crippen LogP contribution < -0.4 is 5.32 Å². The molecule has 0 aromatic rings. The molecule has 0 radical (unpaired) electrons. The molecule has 0 aromatic carbocycles. The first kappa shape index (κ1) is 14.9. The highest BCUT2D eigenvalue weighted by molar-refractivity contribution is 4.62. The minimum Gasteiger partial charge on any atom is -0.315 e. The van der Waals surface area contributed by atoms with E-state index in [1.807, 2.05) is 0 Å². The zero-order chi connectivity index (χ0) is 11.7. The van der Waals surface area contributed by atoms with E-state index in [4.69, 9.17) is 0 Å². The molecule has 0 heterocycles. The zero-order valence-electron chi connectivity index (χ0n) is 11.3. The molecular weight excluding hydrogens is 184 g/mol. The maximum absolute atomic E-state index is 3.51. The number of nitrogens with zero attached hydrogens (tertiary/aromatic N) is 1. The third kappa shape index (κ3) is 8.88. The summed E-state index contributed by atoms with van der Waals surface area (Å²) in [5, 5.41) is 3.51. The lowest BCUT2D eigenvalue weighted by molar-refractivity contribution is 0.251. The van der Waals surface area contributed by atoms with Crippen LogP contribution in [-0.2, 0) is 0 Å². The van der Waals surface area contributed by atoms with Crippen molar-refractivity contribution in [3.8, 4) is 0 Å². The fourth-order valence-corrected chi connectivity index (χ4v) is 1.55. The summed E-state index contributed by atoms with van der Waals surface area (Å²) < 4.78 is 0. The Bertz CT molecular complexity index is 134. The Morgan fingerprint density at radius 2 is 1.80 bits per heavy atom. The normalized spacial score (nSPS) is 13.8. The monoisotopic (exact) mass is 214 g/mol. The summed E-state index contributed by atoms with van der Waals surface area (Å²) in [7, 11) is 2.21. The highest BCUT2D eigenvalue weighted by atomic mass is 15.1. The lowest BCUT2D eigenvalue weighted by Gasteiger charge is -2.23. The molecule has 2 heteroatoms. The molecule has 0 rings (SSSR count). The highest BCUT2D eigenvalue weighted by Crippen LogP contribution is 2.01. The Labute approximate surface area is 96.4 Å². The van der Waals surface area contributed by atoms with Crippen molar-refractivity contribution < 1.29 is 0 Å². The molecule has 0 aliphatic rings. The Kier molecular flexibility index (Phi) is 9.12. The van der Waals surface area contributed by atoms with Crippen molar-refractivity contribution in [1.29, 1.82) is 0 Å². The minimum absolute atomic E-state index is 0.711. The fourth-order valence-electron chi connectivity index (χ4n) is 1.55. The van der Waals surface area contributed by atoms with Gasteiger partial charge in [-0.1, -0.05) is 20.8 Å². The molecule has 0 aromatic heterocycles. The number of likely N-dealkylation sites (N-methyl/N-ethyl adjacent to an activating group) is 1. The summed E-state index contributed by atoms with van der Waals surface area (Å²) in [6, 6.07) is 0.711. The van der Waals surface area contributed by atoms with E-state index in [2.05, 4.69) is 45.0 Å². The Hall–Kier alpha value is -0.0800. The first-order valence-electron chi connectivity index (χ1n) is 6.48. The van der Waals surface area contributed by atoms with Gasteiger partial charge in [0.05, 0.1) is 0 Å². The number of nitrogens with one attached hydrogen (secondary N) is 1. The van der Waals surface area contributed by atoms with Gasteiger partial charge >= 0.3 is 0 Å². The van der Waals surface area contributed by atoms with E-state index < -0.39 is 0 Å². The van der Waals surface area contributed by atoms with Gasteiger partial charge in [0.2, 0.25) is 0 Å². The molecular formula is C13H30N2. The maximum atomic E-state index is 3.51. The third-order valence-corrected chi connectivity index (χ3v) is 3.12. The largest absolute Gasteiger partial charge is 0.315 e. The van der Waals surface area contributed by atoms with Gasteiger partial charge in [-0.25, -0.2) is 0 Å². The second-order valence-corrected chi connectivity index (χ2v) is 5.02. The van der Waals surface area contributed by atoms with Crippen molar-refractivity contribution in [1.82, 2.24) is 10.2 Å². The molecule has 0 saturated heterocycles. The molecule has 1 unspecified atom stereocenters. The lowest BCUT2D eigenvalue weighted by atomic mass is 10.1. The van der Waals surface area contributed by atoms with Crippen LogP contribution in [0.2, 0.25) is 0 Å². The molecule has 0 fully saturated rings. The molecule has 92 valence electrons. The molecule has 1 N–H and O–H groups in total. The molecule has 15 heavy (non-hydrogen) atoms.